The van der Waals surface area contributed by atoms with Gasteiger partial charge in [-0.05, 0) is 99.9 Å². The zero-order chi connectivity index (χ0) is 49.5. The number of fused-ring (bicyclic) bond motifs is 6. The lowest BCUT2D eigenvalue weighted by atomic mass is 9.86. The Morgan fingerprint density at radius 3 is 2.06 bits per heavy atom. The molecule has 4 aromatic rings. The van der Waals surface area contributed by atoms with Gasteiger partial charge < -0.3 is 33.4 Å². The molecule has 0 spiro atoms. The van der Waals surface area contributed by atoms with Gasteiger partial charge in [0, 0.05) is 28.5 Å². The van der Waals surface area contributed by atoms with E-state index >= 15 is 0 Å². The highest BCUT2D eigenvalue weighted by atomic mass is 16.6. The molecule has 1 N–H and O–H groups in total. The quantitative estimate of drug-likeness (QED) is 0.0374. The predicted octanol–water partition coefficient (Wildman–Crippen LogP) is 11.0. The molecule has 69 heavy (non-hydrogen) atoms. The van der Waals surface area contributed by atoms with Gasteiger partial charge >= 0.3 is 23.9 Å². The summed E-state index contributed by atoms with van der Waals surface area (Å²) in [5.41, 5.74) is 3.72. The lowest BCUT2D eigenvalue weighted by Gasteiger charge is -2.36. The fourth-order valence-electron chi connectivity index (χ4n) is 10.3. The number of unbranched alkanes of at least 4 members (excludes halogenated alkanes) is 13. The summed E-state index contributed by atoms with van der Waals surface area (Å²) in [6.45, 7) is 13.7. The topological polar surface area (TPSA) is 170 Å². The number of aryl methyl sites for hydroxylation is 1. The van der Waals surface area contributed by atoms with Crippen LogP contribution in [0.15, 0.2) is 29.1 Å². The van der Waals surface area contributed by atoms with Crippen LogP contribution in [-0.2, 0) is 60.2 Å². The Balaban J connectivity index is 0.895. The molecule has 0 unspecified atom stereocenters. The molecule has 2 aromatic heterocycles. The summed E-state index contributed by atoms with van der Waals surface area (Å²) in [5.74, 6) is -1.00. The van der Waals surface area contributed by atoms with E-state index in [1.807, 2.05) is 27.7 Å². The van der Waals surface area contributed by atoms with Crippen LogP contribution in [0.3, 0.4) is 0 Å². The van der Waals surface area contributed by atoms with Crippen molar-refractivity contribution in [3.63, 3.8) is 0 Å². The van der Waals surface area contributed by atoms with Gasteiger partial charge in [-0.3, -0.25) is 14.4 Å². The third-order valence-electron chi connectivity index (χ3n) is 14.8. The average Bonchev–Trinajstić information content (AvgIpc) is 3.71. The van der Waals surface area contributed by atoms with Gasteiger partial charge in [-0.2, -0.15) is 0 Å². The monoisotopic (exact) mass is 949 g/mol. The second-order valence-corrected chi connectivity index (χ2v) is 19.6. The van der Waals surface area contributed by atoms with E-state index in [2.05, 4.69) is 6.92 Å². The minimum Gasteiger partial charge on any atom is -0.475 e. The van der Waals surface area contributed by atoms with Crippen molar-refractivity contribution in [2.75, 3.05) is 6.61 Å². The number of aliphatic hydroxyl groups is 1. The molecule has 0 saturated heterocycles. The fourth-order valence-corrected chi connectivity index (χ4v) is 10.3. The van der Waals surface area contributed by atoms with Crippen molar-refractivity contribution in [3.05, 3.63) is 79.1 Å². The Morgan fingerprint density at radius 2 is 1.42 bits per heavy atom. The first-order valence-corrected chi connectivity index (χ1v) is 25.7. The summed E-state index contributed by atoms with van der Waals surface area (Å²) in [5, 5.41) is 12.0. The van der Waals surface area contributed by atoms with Crippen LogP contribution >= 0.6 is 0 Å². The molecule has 0 bridgehead atoms. The van der Waals surface area contributed by atoms with Gasteiger partial charge in [0.05, 0.1) is 48.5 Å². The molecule has 0 amide bonds. The SMILES string of the molecule is CCCCCCCCCCCCCCCCOC(=O)[C@@]1(C)CCc2c(C)c(OC(=O)CCC(=O)Oc3ccc4nc5c(c(CC)c4c3)Cn3c-5cc4c(c3=O)COC(=O)[C@]4(O)CC)c(C)c(C)c2O1. The van der Waals surface area contributed by atoms with Crippen molar-refractivity contribution in [3.8, 4) is 28.6 Å². The molecule has 0 radical (unpaired) electrons. The van der Waals surface area contributed by atoms with Crippen molar-refractivity contribution < 1.29 is 48.0 Å². The van der Waals surface area contributed by atoms with E-state index in [1.165, 1.54) is 70.6 Å². The van der Waals surface area contributed by atoms with Crippen LogP contribution in [0.25, 0.3) is 22.3 Å². The average molecular weight is 949 g/mol. The lowest BCUT2D eigenvalue weighted by Crippen LogP contribution is -2.46. The first-order valence-electron chi connectivity index (χ1n) is 25.7. The Morgan fingerprint density at radius 1 is 0.783 bits per heavy atom. The number of pyridine rings is 2. The largest absolute Gasteiger partial charge is 0.475 e. The third-order valence-corrected chi connectivity index (χ3v) is 14.8. The fraction of sp³-hybridized carbons (Fsp3) is 0.571. The van der Waals surface area contributed by atoms with Crippen LogP contribution in [-0.4, -0.2) is 50.7 Å². The van der Waals surface area contributed by atoms with Crippen LogP contribution < -0.4 is 19.8 Å². The Hall–Kier alpha value is -5.56. The second kappa shape index (κ2) is 22.5. The summed E-state index contributed by atoms with van der Waals surface area (Å²) < 4.78 is 30.7. The molecule has 0 fully saturated rings. The number of hydrogen-bond acceptors (Lipinski definition) is 12. The van der Waals surface area contributed by atoms with E-state index in [9.17, 15) is 29.1 Å². The van der Waals surface area contributed by atoms with Crippen LogP contribution in [0.4, 0.5) is 0 Å². The molecular weight excluding hydrogens is 877 g/mol. The number of benzene rings is 2. The highest BCUT2D eigenvalue weighted by Crippen LogP contribution is 2.45. The first-order chi connectivity index (χ1) is 33.1. The lowest BCUT2D eigenvalue weighted by molar-refractivity contribution is -0.172. The van der Waals surface area contributed by atoms with Crippen LogP contribution in [0.5, 0.6) is 17.2 Å². The number of nitrogens with zero attached hydrogens (tertiary/aromatic N) is 2. The molecule has 5 heterocycles. The predicted molar refractivity (Wildman–Crippen MR) is 264 cm³/mol. The van der Waals surface area contributed by atoms with Gasteiger partial charge in [0.2, 0.25) is 5.60 Å². The number of carbonyl (C=O) groups excluding carboxylic acids is 4. The van der Waals surface area contributed by atoms with Gasteiger partial charge in [-0.25, -0.2) is 14.6 Å². The third kappa shape index (κ3) is 10.9. The first kappa shape index (κ1) is 51.3. The van der Waals surface area contributed by atoms with E-state index in [1.54, 1.807) is 42.7 Å². The Kier molecular flexibility index (Phi) is 16.7. The van der Waals surface area contributed by atoms with Gasteiger partial charge in [0.1, 0.15) is 23.9 Å². The zero-order valence-electron chi connectivity index (χ0n) is 42.0. The summed E-state index contributed by atoms with van der Waals surface area (Å²) in [7, 11) is 0. The molecule has 13 heteroatoms. The standard InChI is InChI=1S/C56H72N2O11/c1-8-11-12-13-14-15-16-17-18-19-20-21-22-23-30-65-53(62)55(7)29-28-40-37(6)50(35(4)36(5)51(40)69-55)68-48(60)27-26-47(59)67-38-24-25-45-41(31-38)39(9-2)42-33-58-46(49(42)57-45)32-44-43(52(58)61)34-66-54(63)56(44,64)10-3/h24-25,31-32,64H,8-23,26-30,33-34H2,1-7H3/t55-,56+/m1/s1. The van der Waals surface area contributed by atoms with Gasteiger partial charge in [0.15, 0.2) is 5.60 Å². The molecule has 0 aliphatic carbocycles. The smallest absolute Gasteiger partial charge is 0.350 e. The molecule has 13 nitrogen and oxygen atoms in total. The number of esters is 4. The number of hydrogen-bond donors (Lipinski definition) is 1. The molecule has 3 aliphatic rings. The Bertz CT molecular complexity index is 2650. The maximum absolute atomic E-state index is 13.7. The molecule has 7 rings (SSSR count). The summed E-state index contributed by atoms with van der Waals surface area (Å²) >= 11 is 0. The molecule has 3 aliphatic heterocycles. The summed E-state index contributed by atoms with van der Waals surface area (Å²) in [6, 6.07) is 6.81. The number of aromatic nitrogens is 2. The van der Waals surface area contributed by atoms with E-state index < -0.39 is 29.1 Å². The minimum absolute atomic E-state index is 0.0487. The molecule has 372 valence electrons. The molecule has 2 atom stereocenters. The van der Waals surface area contributed by atoms with Crippen molar-refractivity contribution in [1.29, 1.82) is 0 Å². The van der Waals surface area contributed by atoms with Gasteiger partial charge in [-0.1, -0.05) is 104 Å². The maximum atomic E-state index is 13.7. The molecule has 2 aromatic carbocycles. The van der Waals surface area contributed by atoms with Gasteiger partial charge in [-0.15, -0.1) is 0 Å². The number of ether oxygens (including phenoxy) is 5. The van der Waals surface area contributed by atoms with Crippen molar-refractivity contribution in [1.82, 2.24) is 9.55 Å². The van der Waals surface area contributed by atoms with Gasteiger partial charge in [0.25, 0.3) is 5.56 Å². The summed E-state index contributed by atoms with van der Waals surface area (Å²) in [6.07, 6.45) is 18.8. The van der Waals surface area contributed by atoms with E-state index in [0.29, 0.717) is 59.8 Å². The highest BCUT2D eigenvalue weighted by Gasteiger charge is 2.46. The van der Waals surface area contributed by atoms with Crippen LogP contribution in [0, 0.1) is 20.8 Å². The van der Waals surface area contributed by atoms with Crippen LogP contribution in [0.2, 0.25) is 0 Å². The number of cyclic esters (lactones) is 1. The van der Waals surface area contributed by atoms with E-state index in [0.717, 1.165) is 52.5 Å². The number of carbonyl (C=O) groups is 4. The second-order valence-electron chi connectivity index (χ2n) is 19.6. The normalized spacial score (nSPS) is 17.9. The van der Waals surface area contributed by atoms with Crippen molar-refractivity contribution in [2.45, 2.75) is 201 Å². The Labute approximate surface area is 406 Å². The number of rotatable bonds is 23. The van der Waals surface area contributed by atoms with Crippen LogP contribution in [0.1, 0.15) is 188 Å². The highest BCUT2D eigenvalue weighted by molar-refractivity contribution is 5.91. The van der Waals surface area contributed by atoms with E-state index in [4.69, 9.17) is 28.7 Å². The minimum atomic E-state index is -1.92. The molecular formula is C56H72N2O11. The van der Waals surface area contributed by atoms with Crippen molar-refractivity contribution >= 4 is 34.8 Å². The van der Waals surface area contributed by atoms with Crippen molar-refractivity contribution in [2.24, 2.45) is 0 Å². The van der Waals surface area contributed by atoms with E-state index in [-0.39, 0.29) is 60.8 Å². The molecule has 0 saturated carbocycles. The summed E-state index contributed by atoms with van der Waals surface area (Å²) in [4.78, 5) is 71.1. The zero-order valence-corrected chi connectivity index (χ0v) is 42.0. The maximum Gasteiger partial charge on any atom is 0.350 e.